The molecule has 20 heavy (non-hydrogen) atoms. The molecular weight excluding hydrogens is 250 g/mol. The van der Waals surface area contributed by atoms with Gasteiger partial charge in [-0.25, -0.2) is 0 Å². The van der Waals surface area contributed by atoms with Gasteiger partial charge >= 0.3 is 0 Å². The van der Waals surface area contributed by atoms with Crippen LogP contribution in [0.3, 0.4) is 0 Å². The van der Waals surface area contributed by atoms with E-state index in [0.717, 1.165) is 31.5 Å². The molecule has 0 amide bonds. The third-order valence-corrected chi connectivity index (χ3v) is 4.83. The van der Waals surface area contributed by atoms with Crippen LogP contribution in [0, 0.1) is 11.8 Å². The Morgan fingerprint density at radius 2 is 1.65 bits per heavy atom. The van der Waals surface area contributed by atoms with Crippen LogP contribution in [0.25, 0.3) is 0 Å². The van der Waals surface area contributed by atoms with Crippen molar-refractivity contribution in [2.24, 2.45) is 11.8 Å². The molecule has 0 aromatic carbocycles. The number of rotatable bonds is 6. The Morgan fingerprint density at radius 1 is 1.10 bits per heavy atom. The van der Waals surface area contributed by atoms with Gasteiger partial charge < -0.3 is 20.2 Å². The van der Waals surface area contributed by atoms with Gasteiger partial charge in [-0.1, -0.05) is 0 Å². The highest BCUT2D eigenvalue weighted by Crippen LogP contribution is 2.20. The first-order valence-electron chi connectivity index (χ1n) is 8.43. The molecule has 118 valence electrons. The molecule has 2 rings (SSSR count). The van der Waals surface area contributed by atoms with Crippen LogP contribution in [0.15, 0.2) is 0 Å². The number of aliphatic hydroxyl groups is 1. The molecule has 0 aromatic heterocycles. The van der Waals surface area contributed by atoms with Crippen molar-refractivity contribution >= 4 is 0 Å². The fourth-order valence-corrected chi connectivity index (χ4v) is 3.75. The van der Waals surface area contributed by atoms with Crippen molar-refractivity contribution in [3.05, 3.63) is 0 Å². The van der Waals surface area contributed by atoms with E-state index in [1.807, 2.05) is 6.92 Å². The summed E-state index contributed by atoms with van der Waals surface area (Å²) in [5.74, 6) is 1.75. The zero-order valence-corrected chi connectivity index (χ0v) is 13.4. The van der Waals surface area contributed by atoms with Crippen molar-refractivity contribution in [2.45, 2.75) is 38.7 Å². The van der Waals surface area contributed by atoms with E-state index in [-0.39, 0.29) is 6.10 Å². The maximum atomic E-state index is 9.44. The smallest absolute Gasteiger partial charge is 0.0639 e. The summed E-state index contributed by atoms with van der Waals surface area (Å²) in [6.45, 7) is 10.00. The minimum atomic E-state index is -0.186. The third kappa shape index (κ3) is 5.68. The summed E-state index contributed by atoms with van der Waals surface area (Å²) >= 11 is 0. The van der Waals surface area contributed by atoms with Crippen molar-refractivity contribution in [1.29, 1.82) is 0 Å². The maximum Gasteiger partial charge on any atom is 0.0639 e. The summed E-state index contributed by atoms with van der Waals surface area (Å²) in [6, 6.07) is 0. The zero-order chi connectivity index (χ0) is 14.4. The molecule has 4 nitrogen and oxygen atoms in total. The minimum Gasteiger partial charge on any atom is -0.392 e. The lowest BCUT2D eigenvalue weighted by Crippen LogP contribution is -2.42. The Hall–Kier alpha value is -0.160. The Kier molecular flexibility index (Phi) is 6.75. The van der Waals surface area contributed by atoms with Gasteiger partial charge in [0.05, 0.1) is 6.10 Å². The molecule has 1 atom stereocenters. The van der Waals surface area contributed by atoms with Crippen LogP contribution in [0.4, 0.5) is 0 Å². The molecule has 2 fully saturated rings. The molecule has 4 heteroatoms. The van der Waals surface area contributed by atoms with Crippen LogP contribution >= 0.6 is 0 Å². The average Bonchev–Trinajstić information content (AvgIpc) is 2.41. The van der Waals surface area contributed by atoms with Gasteiger partial charge in [-0.05, 0) is 77.7 Å². The average molecular weight is 283 g/mol. The van der Waals surface area contributed by atoms with Crippen LogP contribution in [0.5, 0.6) is 0 Å². The monoisotopic (exact) mass is 283 g/mol. The Labute approximate surface area is 124 Å². The van der Waals surface area contributed by atoms with Gasteiger partial charge in [0.1, 0.15) is 0 Å². The van der Waals surface area contributed by atoms with Crippen LogP contribution in [-0.4, -0.2) is 73.9 Å². The second-order valence-electron chi connectivity index (χ2n) is 7.01. The number of hydrogen-bond donors (Lipinski definition) is 2. The standard InChI is InChI=1S/C16H33N3O/c1-14(20)11-19-9-5-16(6-10-19)13-18(2)12-15-3-7-17-8-4-15/h14-17,20H,3-13H2,1-2H3. The number of nitrogens with zero attached hydrogens (tertiary/aromatic N) is 2. The van der Waals surface area contributed by atoms with Crippen molar-refractivity contribution in [3.8, 4) is 0 Å². The van der Waals surface area contributed by atoms with Crippen molar-refractivity contribution < 1.29 is 5.11 Å². The third-order valence-electron chi connectivity index (χ3n) is 4.83. The molecule has 2 N–H and O–H groups in total. The van der Waals surface area contributed by atoms with E-state index in [9.17, 15) is 5.11 Å². The van der Waals surface area contributed by atoms with Crippen molar-refractivity contribution in [3.63, 3.8) is 0 Å². The Balaban J connectivity index is 1.61. The molecule has 0 bridgehead atoms. The highest BCUT2D eigenvalue weighted by atomic mass is 16.3. The number of nitrogens with one attached hydrogen (secondary N) is 1. The van der Waals surface area contributed by atoms with Crippen LogP contribution in [-0.2, 0) is 0 Å². The summed E-state index contributed by atoms with van der Waals surface area (Å²) in [6.07, 6.45) is 5.09. The molecule has 2 aliphatic heterocycles. The topological polar surface area (TPSA) is 38.7 Å². The quantitative estimate of drug-likeness (QED) is 0.763. The molecule has 0 radical (unpaired) electrons. The van der Waals surface area contributed by atoms with E-state index < -0.39 is 0 Å². The number of piperidine rings is 2. The normalized spacial score (nSPS) is 25.2. The van der Waals surface area contributed by atoms with E-state index in [1.165, 1.54) is 51.9 Å². The molecule has 2 heterocycles. The van der Waals surface area contributed by atoms with Gasteiger partial charge in [0, 0.05) is 19.6 Å². The Morgan fingerprint density at radius 3 is 2.20 bits per heavy atom. The Bertz CT molecular complexity index is 258. The highest BCUT2D eigenvalue weighted by molar-refractivity contribution is 4.77. The highest BCUT2D eigenvalue weighted by Gasteiger charge is 2.22. The van der Waals surface area contributed by atoms with E-state index in [2.05, 4.69) is 22.2 Å². The number of likely N-dealkylation sites (tertiary alicyclic amines) is 1. The SMILES string of the molecule is CC(O)CN1CCC(CN(C)CC2CCNCC2)CC1. The fraction of sp³-hybridized carbons (Fsp3) is 1.00. The lowest BCUT2D eigenvalue weighted by Gasteiger charge is -2.35. The van der Waals surface area contributed by atoms with E-state index in [4.69, 9.17) is 0 Å². The molecule has 1 unspecified atom stereocenters. The van der Waals surface area contributed by atoms with E-state index in [1.54, 1.807) is 0 Å². The molecule has 0 aromatic rings. The first kappa shape index (κ1) is 16.2. The first-order chi connectivity index (χ1) is 9.63. The van der Waals surface area contributed by atoms with Crippen LogP contribution < -0.4 is 5.32 Å². The predicted octanol–water partition coefficient (Wildman–Crippen LogP) is 1.01. The summed E-state index contributed by atoms with van der Waals surface area (Å²) in [5.41, 5.74) is 0. The lowest BCUT2D eigenvalue weighted by atomic mass is 9.94. The largest absolute Gasteiger partial charge is 0.392 e. The molecular formula is C16H33N3O. The van der Waals surface area contributed by atoms with Gasteiger partial charge in [-0.3, -0.25) is 0 Å². The van der Waals surface area contributed by atoms with Gasteiger partial charge in [0.15, 0.2) is 0 Å². The molecule has 0 aliphatic carbocycles. The fourth-order valence-electron chi connectivity index (χ4n) is 3.75. The van der Waals surface area contributed by atoms with Gasteiger partial charge in [-0.2, -0.15) is 0 Å². The van der Waals surface area contributed by atoms with Gasteiger partial charge in [0.25, 0.3) is 0 Å². The van der Waals surface area contributed by atoms with Gasteiger partial charge in [0.2, 0.25) is 0 Å². The van der Waals surface area contributed by atoms with Gasteiger partial charge in [-0.15, -0.1) is 0 Å². The number of β-amino-alcohol motifs (C(OH)–C–C–N with tert-alkyl or cyclic N) is 1. The van der Waals surface area contributed by atoms with Crippen LogP contribution in [0.1, 0.15) is 32.6 Å². The van der Waals surface area contributed by atoms with E-state index in [0.29, 0.717) is 0 Å². The zero-order valence-electron chi connectivity index (χ0n) is 13.4. The number of aliphatic hydroxyl groups excluding tert-OH is 1. The van der Waals surface area contributed by atoms with E-state index >= 15 is 0 Å². The molecule has 2 saturated heterocycles. The number of hydrogen-bond acceptors (Lipinski definition) is 4. The summed E-state index contributed by atoms with van der Waals surface area (Å²) in [5, 5.41) is 12.9. The first-order valence-corrected chi connectivity index (χ1v) is 8.43. The maximum absolute atomic E-state index is 9.44. The second kappa shape index (κ2) is 8.32. The summed E-state index contributed by atoms with van der Waals surface area (Å²) in [7, 11) is 2.30. The molecule has 2 aliphatic rings. The predicted molar refractivity (Wildman–Crippen MR) is 83.9 cm³/mol. The minimum absolute atomic E-state index is 0.186. The van der Waals surface area contributed by atoms with Crippen molar-refractivity contribution in [2.75, 3.05) is 52.9 Å². The summed E-state index contributed by atoms with van der Waals surface area (Å²) in [4.78, 5) is 4.97. The lowest BCUT2D eigenvalue weighted by molar-refractivity contribution is 0.0901. The summed E-state index contributed by atoms with van der Waals surface area (Å²) < 4.78 is 0. The van der Waals surface area contributed by atoms with Crippen LogP contribution in [0.2, 0.25) is 0 Å². The second-order valence-corrected chi connectivity index (χ2v) is 7.01. The van der Waals surface area contributed by atoms with Crippen molar-refractivity contribution in [1.82, 2.24) is 15.1 Å². The molecule has 0 spiro atoms. The molecule has 0 saturated carbocycles.